The molecule has 0 saturated heterocycles. The fraction of sp³-hybridized carbons (Fsp3) is 0.160. The Hall–Kier alpha value is -3.35. The SMILES string of the molecule is Oc1cc(-c2nc3ccccc3s2)cc2c1OCCN(Cc1cc3ccccc3[nH]1)C2. The number of ether oxygens (including phenoxy) is 1. The van der Waals surface area contributed by atoms with Crippen molar-refractivity contribution in [2.75, 3.05) is 13.2 Å². The van der Waals surface area contributed by atoms with Crippen LogP contribution in [0.3, 0.4) is 0 Å². The number of benzene rings is 3. The van der Waals surface area contributed by atoms with Crippen molar-refractivity contribution in [3.63, 3.8) is 0 Å². The molecule has 6 heteroatoms. The van der Waals surface area contributed by atoms with Gasteiger partial charge in [0.25, 0.3) is 0 Å². The van der Waals surface area contributed by atoms with Crippen molar-refractivity contribution in [1.29, 1.82) is 0 Å². The van der Waals surface area contributed by atoms with Gasteiger partial charge in [-0.1, -0.05) is 30.3 Å². The van der Waals surface area contributed by atoms with Crippen LogP contribution in [0.1, 0.15) is 11.3 Å². The van der Waals surface area contributed by atoms with E-state index >= 15 is 0 Å². The molecule has 31 heavy (non-hydrogen) atoms. The molecule has 0 bridgehead atoms. The van der Waals surface area contributed by atoms with Gasteiger partial charge in [0.2, 0.25) is 0 Å². The maximum Gasteiger partial charge on any atom is 0.165 e. The van der Waals surface area contributed by atoms with E-state index in [1.165, 1.54) is 11.1 Å². The van der Waals surface area contributed by atoms with Gasteiger partial charge in [0.05, 0.1) is 10.2 Å². The minimum absolute atomic E-state index is 0.180. The van der Waals surface area contributed by atoms with Crippen molar-refractivity contribution in [3.05, 3.63) is 78.0 Å². The number of fused-ring (bicyclic) bond motifs is 3. The van der Waals surface area contributed by atoms with Crippen LogP contribution in [0, 0.1) is 0 Å². The Bertz CT molecular complexity index is 1340. The highest BCUT2D eigenvalue weighted by Crippen LogP contribution is 2.39. The summed E-state index contributed by atoms with van der Waals surface area (Å²) in [7, 11) is 0. The normalized spacial score (nSPS) is 14.5. The zero-order valence-electron chi connectivity index (χ0n) is 16.8. The summed E-state index contributed by atoms with van der Waals surface area (Å²) in [5.74, 6) is 0.767. The highest BCUT2D eigenvalue weighted by molar-refractivity contribution is 7.21. The molecule has 2 aromatic heterocycles. The number of nitrogens with one attached hydrogen (secondary N) is 1. The Labute approximate surface area is 183 Å². The van der Waals surface area contributed by atoms with E-state index in [9.17, 15) is 5.11 Å². The van der Waals surface area contributed by atoms with Crippen LogP contribution in [-0.4, -0.2) is 33.1 Å². The second kappa shape index (κ2) is 7.41. The monoisotopic (exact) mass is 427 g/mol. The van der Waals surface area contributed by atoms with Crippen LogP contribution in [0.2, 0.25) is 0 Å². The van der Waals surface area contributed by atoms with Gasteiger partial charge in [0.15, 0.2) is 11.5 Å². The molecule has 0 unspecified atom stereocenters. The number of aromatic hydroxyl groups is 1. The van der Waals surface area contributed by atoms with Crippen molar-refractivity contribution in [2.24, 2.45) is 0 Å². The van der Waals surface area contributed by atoms with Crippen molar-refractivity contribution < 1.29 is 9.84 Å². The number of rotatable bonds is 3. The molecule has 0 fully saturated rings. The first-order valence-electron chi connectivity index (χ1n) is 10.4. The summed E-state index contributed by atoms with van der Waals surface area (Å²) < 4.78 is 7.08. The second-order valence-corrected chi connectivity index (χ2v) is 8.94. The third-order valence-electron chi connectivity index (χ3n) is 5.71. The minimum Gasteiger partial charge on any atom is -0.504 e. The molecule has 0 radical (unpaired) electrons. The highest BCUT2D eigenvalue weighted by atomic mass is 32.1. The van der Waals surface area contributed by atoms with Crippen LogP contribution in [0.25, 0.3) is 31.7 Å². The maximum absolute atomic E-state index is 10.7. The van der Waals surface area contributed by atoms with E-state index in [4.69, 9.17) is 9.72 Å². The third kappa shape index (κ3) is 3.44. The lowest BCUT2D eigenvalue weighted by Crippen LogP contribution is -2.25. The summed E-state index contributed by atoms with van der Waals surface area (Å²) in [6.07, 6.45) is 0. The van der Waals surface area contributed by atoms with Crippen LogP contribution < -0.4 is 4.74 Å². The summed E-state index contributed by atoms with van der Waals surface area (Å²) >= 11 is 1.64. The van der Waals surface area contributed by atoms with Crippen LogP contribution >= 0.6 is 11.3 Å². The summed E-state index contributed by atoms with van der Waals surface area (Å²) in [6.45, 7) is 2.84. The Kier molecular flexibility index (Phi) is 4.40. The van der Waals surface area contributed by atoms with Crippen molar-refractivity contribution in [3.8, 4) is 22.1 Å². The topological polar surface area (TPSA) is 61.4 Å². The number of aromatic nitrogens is 2. The lowest BCUT2D eigenvalue weighted by atomic mass is 10.1. The first-order chi connectivity index (χ1) is 15.2. The van der Waals surface area contributed by atoms with Gasteiger partial charge in [-0.3, -0.25) is 4.90 Å². The molecule has 3 heterocycles. The van der Waals surface area contributed by atoms with E-state index < -0.39 is 0 Å². The minimum atomic E-state index is 0.180. The smallest absolute Gasteiger partial charge is 0.165 e. The predicted octanol–water partition coefficient (Wildman–Crippen LogP) is 5.54. The Morgan fingerprint density at radius 3 is 2.84 bits per heavy atom. The maximum atomic E-state index is 10.7. The largest absolute Gasteiger partial charge is 0.504 e. The summed E-state index contributed by atoms with van der Waals surface area (Å²) in [4.78, 5) is 10.6. The molecule has 0 atom stereocenters. The lowest BCUT2D eigenvalue weighted by molar-refractivity contribution is 0.216. The van der Waals surface area contributed by atoms with Crippen LogP contribution in [0.15, 0.2) is 66.7 Å². The van der Waals surface area contributed by atoms with E-state index in [0.717, 1.165) is 45.0 Å². The zero-order valence-corrected chi connectivity index (χ0v) is 17.7. The number of hydrogen-bond acceptors (Lipinski definition) is 5. The number of thiazole rings is 1. The summed E-state index contributed by atoms with van der Waals surface area (Å²) in [6, 6.07) is 22.5. The van der Waals surface area contributed by atoms with Gasteiger partial charge < -0.3 is 14.8 Å². The van der Waals surface area contributed by atoms with Gasteiger partial charge in [0.1, 0.15) is 11.6 Å². The van der Waals surface area contributed by atoms with Gasteiger partial charge in [-0.2, -0.15) is 0 Å². The van der Waals surface area contributed by atoms with Gasteiger partial charge in [-0.15, -0.1) is 11.3 Å². The standard InChI is InChI=1S/C25H21N3O2S/c29-22-13-17(25-27-21-7-3-4-8-23(21)31-25)11-18-14-28(9-10-30-24(18)22)15-19-12-16-5-1-2-6-20(16)26-19/h1-8,11-13,26,29H,9-10,14-15H2. The summed E-state index contributed by atoms with van der Waals surface area (Å²) in [5.41, 5.74) is 5.22. The van der Waals surface area contributed by atoms with Crippen molar-refractivity contribution >= 4 is 32.5 Å². The van der Waals surface area contributed by atoms with Gasteiger partial charge in [-0.25, -0.2) is 4.98 Å². The van der Waals surface area contributed by atoms with Gasteiger partial charge in [-0.05, 0) is 41.8 Å². The predicted molar refractivity (Wildman–Crippen MR) is 125 cm³/mol. The number of nitrogens with zero attached hydrogens (tertiary/aromatic N) is 2. The fourth-order valence-electron chi connectivity index (χ4n) is 4.27. The first kappa shape index (κ1) is 18.4. The van der Waals surface area contributed by atoms with Crippen molar-refractivity contribution in [2.45, 2.75) is 13.1 Å². The average molecular weight is 428 g/mol. The second-order valence-electron chi connectivity index (χ2n) is 7.91. The number of H-pyrrole nitrogens is 1. The van der Waals surface area contributed by atoms with Crippen LogP contribution in [-0.2, 0) is 13.1 Å². The first-order valence-corrected chi connectivity index (χ1v) is 11.2. The molecule has 0 aliphatic carbocycles. The molecule has 0 saturated carbocycles. The number of aromatic amines is 1. The van der Waals surface area contributed by atoms with Crippen molar-refractivity contribution in [1.82, 2.24) is 14.9 Å². The van der Waals surface area contributed by atoms with E-state index in [0.29, 0.717) is 18.9 Å². The molecule has 5 aromatic rings. The highest BCUT2D eigenvalue weighted by Gasteiger charge is 2.21. The van der Waals surface area contributed by atoms with Crippen LogP contribution in [0.4, 0.5) is 0 Å². The number of hydrogen-bond donors (Lipinski definition) is 2. The van der Waals surface area contributed by atoms with Crippen LogP contribution in [0.5, 0.6) is 11.5 Å². The van der Waals surface area contributed by atoms with Gasteiger partial charge in [0, 0.05) is 42.0 Å². The zero-order chi connectivity index (χ0) is 20.8. The fourth-order valence-corrected chi connectivity index (χ4v) is 5.22. The molecule has 6 rings (SSSR count). The number of phenols is 1. The van der Waals surface area contributed by atoms with E-state index in [2.05, 4.69) is 46.3 Å². The van der Waals surface area contributed by atoms with Gasteiger partial charge >= 0.3 is 0 Å². The average Bonchev–Trinajstić information content (AvgIpc) is 3.32. The van der Waals surface area contributed by atoms with E-state index in [1.807, 2.05) is 24.3 Å². The van der Waals surface area contributed by atoms with E-state index in [-0.39, 0.29) is 5.75 Å². The molecular weight excluding hydrogens is 406 g/mol. The Morgan fingerprint density at radius 1 is 1.06 bits per heavy atom. The Balaban J connectivity index is 1.32. The van der Waals surface area contributed by atoms with E-state index in [1.54, 1.807) is 17.4 Å². The number of phenolic OH excluding ortho intramolecular Hbond substituents is 1. The molecule has 0 spiro atoms. The molecule has 0 amide bonds. The molecule has 3 aromatic carbocycles. The molecule has 1 aliphatic heterocycles. The molecule has 2 N–H and O–H groups in total. The number of para-hydroxylation sites is 2. The third-order valence-corrected chi connectivity index (χ3v) is 6.80. The Morgan fingerprint density at radius 2 is 1.94 bits per heavy atom. The quantitative estimate of drug-likeness (QED) is 0.397. The molecular formula is C25H21N3O2S. The summed E-state index contributed by atoms with van der Waals surface area (Å²) in [5, 5.41) is 12.8. The molecule has 1 aliphatic rings. The molecule has 5 nitrogen and oxygen atoms in total. The lowest BCUT2D eigenvalue weighted by Gasteiger charge is -2.18. The molecule has 154 valence electrons.